The van der Waals surface area contributed by atoms with Gasteiger partial charge in [0.1, 0.15) is 15.8 Å². The number of thioether (sulfide) groups is 1. The van der Waals surface area contributed by atoms with E-state index in [1.54, 1.807) is 38.1 Å². The number of ether oxygens (including phenoxy) is 2. The fraction of sp³-hybridized carbons (Fsp3) is 0.353. The summed E-state index contributed by atoms with van der Waals surface area (Å²) >= 11 is 6.27. The van der Waals surface area contributed by atoms with Crippen molar-refractivity contribution < 1.29 is 24.2 Å². The van der Waals surface area contributed by atoms with E-state index in [-0.39, 0.29) is 10.2 Å². The highest BCUT2D eigenvalue weighted by Gasteiger charge is 2.39. The van der Waals surface area contributed by atoms with Crippen LogP contribution in [0.2, 0.25) is 0 Å². The fourth-order valence-electron chi connectivity index (χ4n) is 2.49. The number of rotatable bonds is 6. The number of carboxylic acid groups (broad SMARTS) is 1. The molecule has 134 valence electrons. The van der Waals surface area contributed by atoms with Gasteiger partial charge in [-0.25, -0.2) is 0 Å². The molecule has 1 aliphatic rings. The van der Waals surface area contributed by atoms with Gasteiger partial charge in [0.2, 0.25) is 0 Å². The lowest BCUT2D eigenvalue weighted by Crippen LogP contribution is -2.52. The molecule has 1 saturated heterocycles. The predicted molar refractivity (Wildman–Crippen MR) is 98.2 cm³/mol. The number of carbonyl (C=O) groups is 2. The minimum atomic E-state index is -1.33. The molecule has 25 heavy (non-hydrogen) atoms. The van der Waals surface area contributed by atoms with E-state index in [4.69, 9.17) is 21.7 Å². The second-order valence-electron chi connectivity index (χ2n) is 5.67. The Bertz CT molecular complexity index is 745. The predicted octanol–water partition coefficient (Wildman–Crippen LogP) is 1.68. The normalized spacial score (nSPS) is 17.3. The maximum Gasteiger partial charge on any atom is 0.266 e. The summed E-state index contributed by atoms with van der Waals surface area (Å²) in [6.45, 7) is 3.40. The standard InChI is InChI=1S/C17H19NO5S2/c1-9(2)14(16(20)21)18-15(19)13(25-17(18)24)8-10-7-11(22-3)5-6-12(10)23-4/h5-9,14H,1-4H3,(H,20,21)/p-1/t14-/m0/s1. The first-order valence-corrected chi connectivity index (χ1v) is 8.72. The summed E-state index contributed by atoms with van der Waals surface area (Å²) in [5.41, 5.74) is 0.636. The number of carboxylic acids is 1. The largest absolute Gasteiger partial charge is 0.548 e. The highest BCUT2D eigenvalue weighted by Crippen LogP contribution is 2.37. The van der Waals surface area contributed by atoms with Gasteiger partial charge in [0, 0.05) is 5.56 Å². The zero-order chi connectivity index (χ0) is 18.7. The van der Waals surface area contributed by atoms with Crippen molar-refractivity contribution in [1.82, 2.24) is 4.90 Å². The van der Waals surface area contributed by atoms with Crippen molar-refractivity contribution in [2.45, 2.75) is 19.9 Å². The highest BCUT2D eigenvalue weighted by atomic mass is 32.2. The molecule has 8 heteroatoms. The van der Waals surface area contributed by atoms with Crippen molar-refractivity contribution in [3.8, 4) is 11.5 Å². The van der Waals surface area contributed by atoms with Crippen molar-refractivity contribution in [1.29, 1.82) is 0 Å². The summed E-state index contributed by atoms with van der Waals surface area (Å²) in [6, 6.07) is 4.09. The maximum absolute atomic E-state index is 12.7. The zero-order valence-electron chi connectivity index (χ0n) is 14.3. The Morgan fingerprint density at radius 2 is 2.00 bits per heavy atom. The van der Waals surface area contributed by atoms with Crippen molar-refractivity contribution in [3.05, 3.63) is 28.7 Å². The second kappa shape index (κ2) is 7.88. The van der Waals surface area contributed by atoms with Crippen molar-refractivity contribution in [3.63, 3.8) is 0 Å². The number of nitrogens with zero attached hydrogens (tertiary/aromatic N) is 1. The third-order valence-corrected chi connectivity index (χ3v) is 5.03. The molecule has 0 spiro atoms. The molecular formula is C17H18NO5S2-. The van der Waals surface area contributed by atoms with Crippen LogP contribution in [0.5, 0.6) is 11.5 Å². The molecule has 1 fully saturated rings. The molecule has 1 amide bonds. The summed E-state index contributed by atoms with van der Waals surface area (Å²) < 4.78 is 10.7. The Morgan fingerprint density at radius 1 is 1.32 bits per heavy atom. The number of thiocarbonyl (C=S) groups is 1. The quantitative estimate of drug-likeness (QED) is 0.549. The summed E-state index contributed by atoms with van der Waals surface area (Å²) in [4.78, 5) is 25.6. The van der Waals surface area contributed by atoms with Crippen molar-refractivity contribution >= 4 is 46.3 Å². The summed E-state index contributed by atoms with van der Waals surface area (Å²) in [5, 5.41) is 11.4. The topological polar surface area (TPSA) is 78.9 Å². The third-order valence-electron chi connectivity index (χ3n) is 3.70. The number of aliphatic carboxylic acids is 1. The molecule has 0 aromatic heterocycles. The van der Waals surface area contributed by atoms with Crippen LogP contribution >= 0.6 is 24.0 Å². The molecule has 0 N–H and O–H groups in total. The van der Waals surface area contributed by atoms with E-state index in [0.29, 0.717) is 22.0 Å². The summed E-state index contributed by atoms with van der Waals surface area (Å²) in [5.74, 6) is -0.948. The number of carbonyl (C=O) groups excluding carboxylic acids is 2. The minimum absolute atomic E-state index is 0.195. The van der Waals surface area contributed by atoms with E-state index >= 15 is 0 Å². The lowest BCUT2D eigenvalue weighted by molar-refractivity contribution is -0.311. The molecule has 2 rings (SSSR count). The van der Waals surface area contributed by atoms with E-state index in [1.807, 2.05) is 0 Å². The molecule has 0 unspecified atom stereocenters. The van der Waals surface area contributed by atoms with Crippen LogP contribution in [-0.2, 0) is 9.59 Å². The maximum atomic E-state index is 12.7. The van der Waals surface area contributed by atoms with Gasteiger partial charge in [0.05, 0.1) is 31.1 Å². The van der Waals surface area contributed by atoms with Gasteiger partial charge in [0.15, 0.2) is 0 Å². The van der Waals surface area contributed by atoms with Crippen molar-refractivity contribution in [2.24, 2.45) is 5.92 Å². The van der Waals surface area contributed by atoms with Crippen LogP contribution in [0.3, 0.4) is 0 Å². The van der Waals surface area contributed by atoms with E-state index in [0.717, 1.165) is 16.7 Å². The molecule has 1 aromatic rings. The molecular weight excluding hydrogens is 362 g/mol. The van der Waals surface area contributed by atoms with Gasteiger partial charge >= 0.3 is 0 Å². The summed E-state index contributed by atoms with van der Waals surface area (Å²) in [6.07, 6.45) is 1.62. The molecule has 1 heterocycles. The van der Waals surface area contributed by atoms with Crippen LogP contribution in [0, 0.1) is 5.92 Å². The minimum Gasteiger partial charge on any atom is -0.548 e. The smallest absolute Gasteiger partial charge is 0.266 e. The molecule has 6 nitrogen and oxygen atoms in total. The molecule has 0 aliphatic carbocycles. The van der Waals surface area contributed by atoms with Crippen LogP contribution in [0.25, 0.3) is 6.08 Å². The van der Waals surface area contributed by atoms with Gasteiger partial charge in [-0.3, -0.25) is 9.69 Å². The van der Waals surface area contributed by atoms with E-state index in [1.165, 1.54) is 14.2 Å². The first kappa shape index (κ1) is 19.3. The monoisotopic (exact) mass is 380 g/mol. The Kier molecular flexibility index (Phi) is 6.07. The molecule has 0 bridgehead atoms. The van der Waals surface area contributed by atoms with Gasteiger partial charge < -0.3 is 19.4 Å². The first-order valence-electron chi connectivity index (χ1n) is 7.50. The molecule has 1 aromatic carbocycles. The van der Waals surface area contributed by atoms with Gasteiger partial charge in [-0.05, 0) is 30.2 Å². The van der Waals surface area contributed by atoms with E-state index in [9.17, 15) is 14.7 Å². The lowest BCUT2D eigenvalue weighted by Gasteiger charge is -2.30. The second-order valence-corrected chi connectivity index (χ2v) is 7.34. The molecule has 0 radical (unpaired) electrons. The van der Waals surface area contributed by atoms with Crippen LogP contribution in [0.1, 0.15) is 19.4 Å². The fourth-order valence-corrected chi connectivity index (χ4v) is 3.81. The molecule has 0 saturated carbocycles. The summed E-state index contributed by atoms with van der Waals surface area (Å²) in [7, 11) is 3.06. The lowest BCUT2D eigenvalue weighted by atomic mass is 10.0. The van der Waals surface area contributed by atoms with E-state index in [2.05, 4.69) is 0 Å². The Morgan fingerprint density at radius 3 is 2.52 bits per heavy atom. The number of amides is 1. The molecule has 1 atom stereocenters. The van der Waals surface area contributed by atoms with Crippen LogP contribution < -0.4 is 14.6 Å². The zero-order valence-corrected chi connectivity index (χ0v) is 15.9. The average molecular weight is 380 g/mol. The van der Waals surface area contributed by atoms with Crippen LogP contribution in [0.15, 0.2) is 23.1 Å². The number of hydrogen-bond acceptors (Lipinski definition) is 7. The first-order chi connectivity index (χ1) is 11.8. The number of benzene rings is 1. The van der Waals surface area contributed by atoms with Gasteiger partial charge in [0.25, 0.3) is 5.91 Å². The number of methoxy groups -OCH3 is 2. The third kappa shape index (κ3) is 3.96. The van der Waals surface area contributed by atoms with Crippen LogP contribution in [0.4, 0.5) is 0 Å². The number of hydrogen-bond donors (Lipinski definition) is 0. The Hall–Kier alpha value is -2.06. The van der Waals surface area contributed by atoms with Gasteiger partial charge in [-0.15, -0.1) is 0 Å². The average Bonchev–Trinajstić information content (AvgIpc) is 2.82. The van der Waals surface area contributed by atoms with Crippen molar-refractivity contribution in [2.75, 3.05) is 14.2 Å². The highest BCUT2D eigenvalue weighted by molar-refractivity contribution is 8.26. The Labute approximate surface area is 155 Å². The van der Waals surface area contributed by atoms with Gasteiger partial charge in [-0.2, -0.15) is 0 Å². The SMILES string of the molecule is COc1ccc(OC)c(C=C2SC(=S)N([C@H](C(=O)[O-])C(C)C)C2=O)c1. The van der Waals surface area contributed by atoms with Gasteiger partial charge in [-0.1, -0.05) is 37.8 Å². The van der Waals surface area contributed by atoms with Crippen LogP contribution in [-0.4, -0.2) is 41.4 Å². The Balaban J connectivity index is 2.42. The van der Waals surface area contributed by atoms with E-state index < -0.39 is 17.9 Å². The molecule has 1 aliphatic heterocycles.